The van der Waals surface area contributed by atoms with Gasteiger partial charge in [0.1, 0.15) is 11.3 Å². The van der Waals surface area contributed by atoms with E-state index in [4.69, 9.17) is 9.15 Å². The number of rotatable bonds is 4. The largest absolute Gasteiger partial charge is 0.504 e. The van der Waals surface area contributed by atoms with Crippen LogP contribution >= 0.6 is 0 Å². The van der Waals surface area contributed by atoms with Crippen LogP contribution in [-0.4, -0.2) is 48.4 Å². The lowest BCUT2D eigenvalue weighted by atomic mass is 10.1. The van der Waals surface area contributed by atoms with Crippen molar-refractivity contribution in [3.05, 3.63) is 58.4 Å². The van der Waals surface area contributed by atoms with Crippen molar-refractivity contribution in [3.8, 4) is 17.2 Å². The summed E-state index contributed by atoms with van der Waals surface area (Å²) in [7, 11) is 1.66. The summed E-state index contributed by atoms with van der Waals surface area (Å²) >= 11 is 0. The Balaban J connectivity index is 1.49. The van der Waals surface area contributed by atoms with Crippen LogP contribution in [0.3, 0.4) is 0 Å². The number of anilines is 1. The second-order valence-electron chi connectivity index (χ2n) is 6.89. The van der Waals surface area contributed by atoms with Crippen LogP contribution in [0.4, 0.5) is 5.69 Å². The summed E-state index contributed by atoms with van der Waals surface area (Å²) in [6.45, 7) is 4.01. The van der Waals surface area contributed by atoms with Gasteiger partial charge in [-0.2, -0.15) is 0 Å². The Morgan fingerprint density at radius 3 is 2.36 bits per heavy atom. The molecule has 2 aromatic carbocycles. The summed E-state index contributed by atoms with van der Waals surface area (Å²) in [6.07, 6.45) is 0. The van der Waals surface area contributed by atoms with Gasteiger partial charge in [-0.3, -0.25) is 4.90 Å². The van der Waals surface area contributed by atoms with Crippen molar-refractivity contribution in [2.75, 3.05) is 38.2 Å². The molecule has 0 saturated carbocycles. The van der Waals surface area contributed by atoms with E-state index in [1.165, 1.54) is 18.2 Å². The molecule has 0 unspecified atom stereocenters. The molecule has 0 radical (unpaired) electrons. The van der Waals surface area contributed by atoms with E-state index >= 15 is 0 Å². The molecule has 1 aromatic heterocycles. The van der Waals surface area contributed by atoms with Gasteiger partial charge in [-0.15, -0.1) is 0 Å². The molecular weight excluding hydrogens is 360 g/mol. The van der Waals surface area contributed by atoms with Gasteiger partial charge in [0.05, 0.1) is 7.11 Å². The Hall–Kier alpha value is -3.19. The fourth-order valence-corrected chi connectivity index (χ4v) is 3.58. The lowest BCUT2D eigenvalue weighted by molar-refractivity contribution is 0.250. The maximum atomic E-state index is 11.9. The van der Waals surface area contributed by atoms with Gasteiger partial charge >= 0.3 is 5.63 Å². The minimum atomic E-state index is -0.468. The van der Waals surface area contributed by atoms with Gasteiger partial charge < -0.3 is 24.3 Å². The molecule has 2 heterocycles. The molecule has 4 rings (SSSR count). The van der Waals surface area contributed by atoms with Crippen molar-refractivity contribution in [3.63, 3.8) is 0 Å². The molecule has 146 valence electrons. The maximum absolute atomic E-state index is 11.9. The van der Waals surface area contributed by atoms with Crippen LogP contribution in [0.25, 0.3) is 11.0 Å². The molecule has 7 heteroatoms. The van der Waals surface area contributed by atoms with Crippen molar-refractivity contribution < 1.29 is 19.4 Å². The van der Waals surface area contributed by atoms with Crippen LogP contribution in [0.5, 0.6) is 17.2 Å². The average Bonchev–Trinajstić information content (AvgIpc) is 2.70. The van der Waals surface area contributed by atoms with Gasteiger partial charge in [-0.25, -0.2) is 4.79 Å². The highest BCUT2D eigenvalue weighted by atomic mass is 16.5. The highest BCUT2D eigenvalue weighted by Gasteiger charge is 2.19. The molecule has 0 bridgehead atoms. The molecule has 28 heavy (non-hydrogen) atoms. The monoisotopic (exact) mass is 382 g/mol. The third-order valence-corrected chi connectivity index (χ3v) is 5.13. The normalized spacial score (nSPS) is 15.1. The van der Waals surface area contributed by atoms with E-state index in [0.717, 1.165) is 43.2 Å². The maximum Gasteiger partial charge on any atom is 0.336 e. The number of ether oxygens (including phenoxy) is 1. The Bertz CT molecular complexity index is 1040. The van der Waals surface area contributed by atoms with Crippen LogP contribution < -0.4 is 15.3 Å². The lowest BCUT2D eigenvalue weighted by Crippen LogP contribution is -2.46. The van der Waals surface area contributed by atoms with Crippen molar-refractivity contribution in [2.24, 2.45) is 0 Å². The number of fused-ring (bicyclic) bond motifs is 1. The molecule has 0 amide bonds. The first-order valence-electron chi connectivity index (χ1n) is 9.13. The fourth-order valence-electron chi connectivity index (χ4n) is 3.58. The van der Waals surface area contributed by atoms with Crippen molar-refractivity contribution in [1.29, 1.82) is 0 Å². The Morgan fingerprint density at radius 2 is 1.68 bits per heavy atom. The molecule has 2 N–H and O–H groups in total. The first-order valence-corrected chi connectivity index (χ1v) is 9.13. The topological polar surface area (TPSA) is 86.4 Å². The standard InChI is InChI=1S/C21H22N2O5/c1-27-16-4-2-15(3-5-16)23-8-6-22(7-9-23)13-14-10-21(26)28-20-12-19(25)18(24)11-17(14)20/h2-5,10-12,24-25H,6-9,13H2,1H3. The lowest BCUT2D eigenvalue weighted by Gasteiger charge is -2.36. The predicted molar refractivity (Wildman–Crippen MR) is 106 cm³/mol. The van der Waals surface area contributed by atoms with Gasteiger partial charge in [-0.05, 0) is 35.9 Å². The average molecular weight is 382 g/mol. The van der Waals surface area contributed by atoms with Crippen molar-refractivity contribution in [1.82, 2.24) is 4.90 Å². The van der Waals surface area contributed by atoms with Crippen LogP contribution in [-0.2, 0) is 6.54 Å². The molecule has 0 aliphatic carbocycles. The zero-order chi connectivity index (χ0) is 19.7. The van der Waals surface area contributed by atoms with Crippen LogP contribution in [0.15, 0.2) is 51.7 Å². The van der Waals surface area contributed by atoms with E-state index in [2.05, 4.69) is 21.9 Å². The number of phenols is 2. The predicted octanol–water partition coefficient (Wildman–Crippen LogP) is 2.54. The van der Waals surface area contributed by atoms with E-state index < -0.39 is 5.63 Å². The van der Waals surface area contributed by atoms with Crippen molar-refractivity contribution >= 4 is 16.7 Å². The smallest absolute Gasteiger partial charge is 0.336 e. The summed E-state index contributed by atoms with van der Waals surface area (Å²) < 4.78 is 10.4. The number of hydrogen-bond acceptors (Lipinski definition) is 7. The van der Waals surface area contributed by atoms with Crippen LogP contribution in [0, 0.1) is 0 Å². The minimum absolute atomic E-state index is 0.230. The Labute approximate surface area is 162 Å². The molecular formula is C21H22N2O5. The molecule has 1 saturated heterocycles. The zero-order valence-corrected chi connectivity index (χ0v) is 15.6. The number of benzene rings is 2. The van der Waals surface area contributed by atoms with E-state index in [0.29, 0.717) is 11.9 Å². The minimum Gasteiger partial charge on any atom is -0.504 e. The number of hydrogen-bond donors (Lipinski definition) is 2. The first kappa shape index (κ1) is 18.2. The summed E-state index contributed by atoms with van der Waals surface area (Å²) in [6, 6.07) is 12.2. The number of methoxy groups -OCH3 is 1. The summed E-state index contributed by atoms with van der Waals surface area (Å²) in [5.74, 6) is 0.305. The number of phenolic OH excluding ortho intramolecular Hbond substituents is 2. The van der Waals surface area contributed by atoms with Gasteiger partial charge in [0, 0.05) is 55.9 Å². The molecule has 7 nitrogen and oxygen atoms in total. The number of piperazine rings is 1. The summed E-state index contributed by atoms with van der Waals surface area (Å²) in [5, 5.41) is 20.1. The second kappa shape index (κ2) is 7.44. The van der Waals surface area contributed by atoms with Crippen LogP contribution in [0.1, 0.15) is 5.56 Å². The van der Waals surface area contributed by atoms with Crippen LogP contribution in [0.2, 0.25) is 0 Å². The van der Waals surface area contributed by atoms with E-state index in [-0.39, 0.29) is 17.1 Å². The second-order valence-corrected chi connectivity index (χ2v) is 6.89. The third-order valence-electron chi connectivity index (χ3n) is 5.13. The third kappa shape index (κ3) is 3.61. The van der Waals surface area contributed by atoms with E-state index in [1.807, 2.05) is 12.1 Å². The molecule has 0 atom stereocenters. The number of nitrogens with zero attached hydrogens (tertiary/aromatic N) is 2. The number of aromatic hydroxyl groups is 2. The van der Waals surface area contributed by atoms with Gasteiger partial charge in [0.15, 0.2) is 11.5 Å². The SMILES string of the molecule is COc1ccc(N2CCN(Cc3cc(=O)oc4cc(O)c(O)cc34)CC2)cc1. The highest BCUT2D eigenvalue weighted by molar-refractivity contribution is 5.83. The molecule has 1 fully saturated rings. The van der Waals surface area contributed by atoms with E-state index in [1.54, 1.807) is 7.11 Å². The first-order chi connectivity index (χ1) is 13.5. The summed E-state index contributed by atoms with van der Waals surface area (Å²) in [4.78, 5) is 16.5. The highest BCUT2D eigenvalue weighted by Crippen LogP contribution is 2.31. The van der Waals surface area contributed by atoms with Gasteiger partial charge in [0.25, 0.3) is 0 Å². The van der Waals surface area contributed by atoms with Gasteiger partial charge in [-0.1, -0.05) is 0 Å². The Morgan fingerprint density at radius 1 is 1.00 bits per heavy atom. The molecule has 1 aliphatic rings. The molecule has 3 aromatic rings. The summed E-state index contributed by atoms with van der Waals surface area (Å²) in [5.41, 5.74) is 1.74. The van der Waals surface area contributed by atoms with Gasteiger partial charge in [0.2, 0.25) is 0 Å². The molecule has 1 aliphatic heterocycles. The fraction of sp³-hybridized carbons (Fsp3) is 0.286. The van der Waals surface area contributed by atoms with Crippen molar-refractivity contribution in [2.45, 2.75) is 6.54 Å². The zero-order valence-electron chi connectivity index (χ0n) is 15.6. The Kier molecular flexibility index (Phi) is 4.83. The van der Waals surface area contributed by atoms with E-state index in [9.17, 15) is 15.0 Å². The quantitative estimate of drug-likeness (QED) is 0.530. The molecule has 0 spiro atoms.